The standard InChI is InChI=1S/C19H28N4O2S/c1-3-4-5-6-7-8-9-12-25-17-11-10-16(13-18(17)24-2)14-21-23-15-20-22-19(23)26/h10-11,13-15H,3-9,12H2,1-2H3,(H,22,26)/b21-14-. The SMILES string of the molecule is CCCCCCCCCOc1ccc(/C=N\n2cn[nH]c2=S)cc1OC. The highest BCUT2D eigenvalue weighted by molar-refractivity contribution is 7.71. The molecule has 1 heterocycles. The first-order chi connectivity index (χ1) is 12.7. The Morgan fingerprint density at radius 3 is 2.62 bits per heavy atom. The second kappa shape index (κ2) is 11.5. The number of aromatic amines is 1. The van der Waals surface area contributed by atoms with Crippen molar-refractivity contribution in [1.82, 2.24) is 14.9 Å². The highest BCUT2D eigenvalue weighted by atomic mass is 32.1. The van der Waals surface area contributed by atoms with E-state index in [-0.39, 0.29) is 0 Å². The van der Waals surface area contributed by atoms with E-state index in [0.29, 0.717) is 17.1 Å². The third kappa shape index (κ3) is 6.63. The van der Waals surface area contributed by atoms with Crippen LogP contribution in [0.2, 0.25) is 0 Å². The zero-order valence-corrected chi connectivity index (χ0v) is 16.4. The van der Waals surface area contributed by atoms with Gasteiger partial charge in [-0.2, -0.15) is 14.9 Å². The summed E-state index contributed by atoms with van der Waals surface area (Å²) in [6.45, 7) is 2.95. The lowest BCUT2D eigenvalue weighted by Gasteiger charge is -2.11. The predicted molar refractivity (Wildman–Crippen MR) is 107 cm³/mol. The third-order valence-corrected chi connectivity index (χ3v) is 4.34. The maximum Gasteiger partial charge on any atom is 0.216 e. The Labute approximate surface area is 160 Å². The number of aromatic nitrogens is 3. The van der Waals surface area contributed by atoms with Gasteiger partial charge in [0.05, 0.1) is 19.9 Å². The molecule has 7 heteroatoms. The van der Waals surface area contributed by atoms with Crippen molar-refractivity contribution < 1.29 is 9.47 Å². The molecule has 0 radical (unpaired) electrons. The molecule has 26 heavy (non-hydrogen) atoms. The van der Waals surface area contributed by atoms with Gasteiger partial charge >= 0.3 is 0 Å². The van der Waals surface area contributed by atoms with Crippen molar-refractivity contribution >= 4 is 18.4 Å². The Morgan fingerprint density at radius 1 is 1.15 bits per heavy atom. The van der Waals surface area contributed by atoms with Crippen LogP contribution in [0, 0.1) is 4.77 Å². The lowest BCUT2D eigenvalue weighted by atomic mass is 10.1. The van der Waals surface area contributed by atoms with Crippen molar-refractivity contribution in [3.63, 3.8) is 0 Å². The van der Waals surface area contributed by atoms with Crippen molar-refractivity contribution in [1.29, 1.82) is 0 Å². The summed E-state index contributed by atoms with van der Waals surface area (Å²) in [7, 11) is 1.64. The molecule has 0 fully saturated rings. The van der Waals surface area contributed by atoms with E-state index in [0.717, 1.165) is 17.7 Å². The highest BCUT2D eigenvalue weighted by Gasteiger charge is 2.05. The van der Waals surface area contributed by atoms with Crippen LogP contribution < -0.4 is 9.47 Å². The lowest BCUT2D eigenvalue weighted by molar-refractivity contribution is 0.284. The van der Waals surface area contributed by atoms with Crippen molar-refractivity contribution in [2.45, 2.75) is 51.9 Å². The molecule has 0 saturated heterocycles. The monoisotopic (exact) mass is 376 g/mol. The van der Waals surface area contributed by atoms with Crippen molar-refractivity contribution in [2.75, 3.05) is 13.7 Å². The fraction of sp³-hybridized carbons (Fsp3) is 0.526. The third-order valence-electron chi connectivity index (χ3n) is 4.06. The molecule has 1 aromatic heterocycles. The summed E-state index contributed by atoms with van der Waals surface area (Å²) in [6, 6.07) is 5.75. The van der Waals surface area contributed by atoms with Crippen LogP contribution in [0.25, 0.3) is 0 Å². The fourth-order valence-corrected chi connectivity index (χ4v) is 2.73. The first-order valence-electron chi connectivity index (χ1n) is 9.21. The molecule has 0 aliphatic heterocycles. The average Bonchev–Trinajstić information content (AvgIpc) is 3.07. The number of hydrogen-bond acceptors (Lipinski definition) is 5. The lowest BCUT2D eigenvalue weighted by Crippen LogP contribution is -2.00. The summed E-state index contributed by atoms with van der Waals surface area (Å²) in [4.78, 5) is 0. The molecule has 0 unspecified atom stereocenters. The van der Waals surface area contributed by atoms with Gasteiger partial charge in [0.15, 0.2) is 11.5 Å². The van der Waals surface area contributed by atoms with Gasteiger partial charge in [-0.3, -0.25) is 5.10 Å². The van der Waals surface area contributed by atoms with E-state index in [2.05, 4.69) is 22.2 Å². The van der Waals surface area contributed by atoms with Crippen molar-refractivity contribution in [2.24, 2.45) is 5.10 Å². The molecular weight excluding hydrogens is 348 g/mol. The predicted octanol–water partition coefficient (Wildman–Crippen LogP) is 4.96. The minimum Gasteiger partial charge on any atom is -0.493 e. The molecule has 0 atom stereocenters. The first kappa shape index (κ1) is 20.2. The van der Waals surface area contributed by atoms with E-state index in [9.17, 15) is 0 Å². The molecular formula is C19H28N4O2S. The fourth-order valence-electron chi connectivity index (χ4n) is 2.58. The Bertz CT molecular complexity index is 739. The Hall–Kier alpha value is -2.15. The van der Waals surface area contributed by atoms with Crippen LogP contribution in [0.1, 0.15) is 57.4 Å². The summed E-state index contributed by atoms with van der Waals surface area (Å²) in [5, 5.41) is 10.7. The van der Waals surface area contributed by atoms with Crippen molar-refractivity contribution in [3.05, 3.63) is 34.9 Å². The summed E-state index contributed by atoms with van der Waals surface area (Å²) < 4.78 is 13.3. The maximum absolute atomic E-state index is 5.87. The smallest absolute Gasteiger partial charge is 0.216 e. The van der Waals surface area contributed by atoms with E-state index in [1.54, 1.807) is 13.3 Å². The molecule has 0 amide bonds. The Balaban J connectivity index is 1.81. The van der Waals surface area contributed by atoms with Gasteiger partial charge in [-0.05, 0) is 42.4 Å². The van der Waals surface area contributed by atoms with Gasteiger partial charge < -0.3 is 9.47 Å². The maximum atomic E-state index is 5.87. The largest absolute Gasteiger partial charge is 0.493 e. The topological polar surface area (TPSA) is 64.4 Å². The van der Waals surface area contributed by atoms with Crippen LogP contribution in [0.4, 0.5) is 0 Å². The van der Waals surface area contributed by atoms with Crippen LogP contribution in [0.3, 0.4) is 0 Å². The van der Waals surface area contributed by atoms with Gasteiger partial charge in [0.25, 0.3) is 0 Å². The molecule has 142 valence electrons. The number of unbranched alkanes of at least 4 members (excludes halogenated alkanes) is 6. The van der Waals surface area contributed by atoms with Crippen LogP contribution >= 0.6 is 12.2 Å². The summed E-state index contributed by atoms with van der Waals surface area (Å²) in [5.41, 5.74) is 0.897. The minimum atomic E-state index is 0.447. The van der Waals surface area contributed by atoms with Crippen molar-refractivity contribution in [3.8, 4) is 11.5 Å². The van der Waals surface area contributed by atoms with Crippen LogP contribution in [0.5, 0.6) is 11.5 Å². The number of methoxy groups -OCH3 is 1. The number of hydrogen-bond donors (Lipinski definition) is 1. The number of nitrogens with zero attached hydrogens (tertiary/aromatic N) is 3. The van der Waals surface area contributed by atoms with Crippen LogP contribution in [-0.4, -0.2) is 34.8 Å². The molecule has 6 nitrogen and oxygen atoms in total. The van der Waals surface area contributed by atoms with Gasteiger partial charge in [-0.1, -0.05) is 45.4 Å². The van der Waals surface area contributed by atoms with Gasteiger partial charge in [-0.15, -0.1) is 0 Å². The first-order valence-corrected chi connectivity index (χ1v) is 9.62. The number of benzene rings is 1. The molecule has 2 rings (SSSR count). The van der Waals surface area contributed by atoms with E-state index >= 15 is 0 Å². The molecule has 1 N–H and O–H groups in total. The van der Waals surface area contributed by atoms with Gasteiger partial charge in [0, 0.05) is 0 Å². The molecule has 0 spiro atoms. The second-order valence-corrected chi connectivity index (χ2v) is 6.52. The van der Waals surface area contributed by atoms with Gasteiger partial charge in [-0.25, -0.2) is 0 Å². The summed E-state index contributed by atoms with van der Waals surface area (Å²) >= 11 is 5.06. The summed E-state index contributed by atoms with van der Waals surface area (Å²) in [5.74, 6) is 1.46. The molecule has 0 aliphatic carbocycles. The number of ether oxygens (including phenoxy) is 2. The second-order valence-electron chi connectivity index (χ2n) is 6.13. The average molecular weight is 377 g/mol. The Morgan fingerprint density at radius 2 is 1.92 bits per heavy atom. The number of nitrogens with one attached hydrogen (secondary N) is 1. The molecule has 2 aromatic rings. The highest BCUT2D eigenvalue weighted by Crippen LogP contribution is 2.27. The van der Waals surface area contributed by atoms with Crippen LogP contribution in [-0.2, 0) is 0 Å². The minimum absolute atomic E-state index is 0.447. The van der Waals surface area contributed by atoms with Crippen LogP contribution in [0.15, 0.2) is 29.6 Å². The zero-order valence-electron chi connectivity index (χ0n) is 15.6. The molecule has 1 aromatic carbocycles. The van der Waals surface area contributed by atoms with Gasteiger partial charge in [0.2, 0.25) is 4.77 Å². The molecule has 0 aliphatic rings. The summed E-state index contributed by atoms with van der Waals surface area (Å²) in [6.07, 6.45) is 12.1. The van der Waals surface area contributed by atoms with Gasteiger partial charge in [0.1, 0.15) is 6.33 Å². The van der Waals surface area contributed by atoms with E-state index < -0.39 is 0 Å². The van der Waals surface area contributed by atoms with E-state index in [1.165, 1.54) is 49.5 Å². The quantitative estimate of drug-likeness (QED) is 0.323. The molecule has 0 saturated carbocycles. The normalized spacial score (nSPS) is 11.2. The molecule has 0 bridgehead atoms. The van der Waals surface area contributed by atoms with E-state index in [4.69, 9.17) is 21.7 Å². The number of rotatable bonds is 12. The van der Waals surface area contributed by atoms with E-state index in [1.807, 2.05) is 18.2 Å². The Kier molecular flexibility index (Phi) is 8.89. The number of H-pyrrole nitrogens is 1. The zero-order chi connectivity index (χ0) is 18.6.